The number of hydrogen-bond acceptors (Lipinski definition) is 2. The first-order valence-electron chi connectivity index (χ1n) is 4.95. The fraction of sp³-hybridized carbons (Fsp3) is 0.364. The van der Waals surface area contributed by atoms with E-state index in [-0.39, 0.29) is 24.4 Å². The fourth-order valence-electron chi connectivity index (χ4n) is 1.12. The van der Waals surface area contributed by atoms with Gasteiger partial charge in [0.15, 0.2) is 0 Å². The minimum atomic E-state index is -0.106. The Hall–Kier alpha value is -0.290. The molecule has 0 radical (unpaired) electrons. The van der Waals surface area contributed by atoms with Crippen LogP contribution < -0.4 is 10.6 Å². The predicted octanol–water partition coefficient (Wildman–Crippen LogP) is 2.86. The highest BCUT2D eigenvalue weighted by Crippen LogP contribution is 2.21. The van der Waals surface area contributed by atoms with E-state index in [1.807, 2.05) is 14.0 Å². The maximum Gasteiger partial charge on any atom is 0.252 e. The van der Waals surface area contributed by atoms with Gasteiger partial charge in [-0.15, -0.1) is 12.4 Å². The number of benzene rings is 1. The molecule has 1 atom stereocenters. The number of carbonyl (C=O) groups excluding carboxylic acids is 1. The Morgan fingerprint density at radius 2 is 2.18 bits per heavy atom. The van der Waals surface area contributed by atoms with Crippen molar-refractivity contribution in [3.05, 3.63) is 33.3 Å². The largest absolute Gasteiger partial charge is 0.350 e. The lowest BCUT2D eigenvalue weighted by molar-refractivity contribution is 0.0950. The minimum Gasteiger partial charge on any atom is -0.350 e. The zero-order valence-electron chi connectivity index (χ0n) is 9.59. The van der Waals surface area contributed by atoms with Gasteiger partial charge in [-0.3, -0.25) is 4.79 Å². The van der Waals surface area contributed by atoms with E-state index in [0.29, 0.717) is 21.6 Å². The molecule has 1 unspecified atom stereocenters. The Bertz CT molecular complexity index is 388. The van der Waals surface area contributed by atoms with Gasteiger partial charge in [-0.2, -0.15) is 0 Å². The molecule has 0 aliphatic carbocycles. The van der Waals surface area contributed by atoms with E-state index in [2.05, 4.69) is 26.6 Å². The Balaban J connectivity index is 0.00000256. The second kappa shape index (κ2) is 7.93. The van der Waals surface area contributed by atoms with Crippen molar-refractivity contribution in [2.75, 3.05) is 13.6 Å². The monoisotopic (exact) mass is 340 g/mol. The number of amides is 1. The van der Waals surface area contributed by atoms with Crippen molar-refractivity contribution in [2.24, 2.45) is 0 Å². The topological polar surface area (TPSA) is 41.1 Å². The standard InChI is InChI=1S/C11H14BrClN2O.ClH/c1-7(14-2)6-15-11(16)9-4-3-8(13)5-10(9)12;/h3-5,7,14H,6H2,1-2H3,(H,15,16);1H. The summed E-state index contributed by atoms with van der Waals surface area (Å²) in [6.45, 7) is 2.58. The molecule has 6 heteroatoms. The van der Waals surface area contributed by atoms with Gasteiger partial charge in [0.25, 0.3) is 5.91 Å². The van der Waals surface area contributed by atoms with Crippen molar-refractivity contribution < 1.29 is 4.79 Å². The molecule has 2 N–H and O–H groups in total. The third-order valence-corrected chi connectivity index (χ3v) is 3.13. The molecule has 1 amide bonds. The van der Waals surface area contributed by atoms with Crippen LogP contribution in [-0.2, 0) is 0 Å². The van der Waals surface area contributed by atoms with Crippen LogP contribution in [0.25, 0.3) is 0 Å². The van der Waals surface area contributed by atoms with E-state index >= 15 is 0 Å². The molecule has 0 aliphatic heterocycles. The van der Waals surface area contributed by atoms with Gasteiger partial charge in [0.05, 0.1) is 5.56 Å². The van der Waals surface area contributed by atoms with Gasteiger partial charge in [-0.1, -0.05) is 11.6 Å². The number of nitrogens with one attached hydrogen (secondary N) is 2. The molecule has 0 aliphatic rings. The lowest BCUT2D eigenvalue weighted by Gasteiger charge is -2.12. The van der Waals surface area contributed by atoms with Crippen LogP contribution in [0.15, 0.2) is 22.7 Å². The summed E-state index contributed by atoms with van der Waals surface area (Å²) >= 11 is 9.11. The number of carbonyl (C=O) groups is 1. The number of rotatable bonds is 4. The third-order valence-electron chi connectivity index (χ3n) is 2.24. The average molecular weight is 342 g/mol. The van der Waals surface area contributed by atoms with Gasteiger partial charge in [0.1, 0.15) is 0 Å². The predicted molar refractivity (Wildman–Crippen MR) is 77.3 cm³/mol. The molecule has 1 aromatic rings. The number of hydrogen-bond donors (Lipinski definition) is 2. The molecule has 0 spiro atoms. The second-order valence-corrected chi connectivity index (χ2v) is 4.81. The number of likely N-dealkylation sites (N-methyl/N-ethyl adjacent to an activating group) is 1. The van der Waals surface area contributed by atoms with Gasteiger partial charge in [-0.25, -0.2) is 0 Å². The van der Waals surface area contributed by atoms with E-state index in [9.17, 15) is 4.79 Å². The van der Waals surface area contributed by atoms with Gasteiger partial charge in [0.2, 0.25) is 0 Å². The van der Waals surface area contributed by atoms with Gasteiger partial charge < -0.3 is 10.6 Å². The summed E-state index contributed by atoms with van der Waals surface area (Å²) in [6.07, 6.45) is 0. The van der Waals surface area contributed by atoms with Crippen LogP contribution in [-0.4, -0.2) is 25.5 Å². The van der Waals surface area contributed by atoms with Crippen LogP contribution in [0, 0.1) is 0 Å². The van der Waals surface area contributed by atoms with Crippen LogP contribution in [0.2, 0.25) is 5.02 Å². The summed E-state index contributed by atoms with van der Waals surface area (Å²) in [4.78, 5) is 11.8. The Morgan fingerprint density at radius 1 is 1.53 bits per heavy atom. The molecule has 0 heterocycles. The van der Waals surface area contributed by atoms with Crippen molar-refractivity contribution in [1.82, 2.24) is 10.6 Å². The van der Waals surface area contributed by atoms with E-state index in [0.717, 1.165) is 0 Å². The summed E-state index contributed by atoms with van der Waals surface area (Å²) in [6, 6.07) is 5.35. The molecule has 0 aromatic heterocycles. The maximum absolute atomic E-state index is 11.8. The van der Waals surface area contributed by atoms with Crippen LogP contribution in [0.5, 0.6) is 0 Å². The lowest BCUT2D eigenvalue weighted by Crippen LogP contribution is -2.37. The summed E-state index contributed by atoms with van der Waals surface area (Å²) < 4.78 is 0.703. The summed E-state index contributed by atoms with van der Waals surface area (Å²) in [5.74, 6) is -0.106. The first-order chi connectivity index (χ1) is 7.54. The lowest BCUT2D eigenvalue weighted by atomic mass is 10.2. The van der Waals surface area contributed by atoms with Crippen LogP contribution in [0.1, 0.15) is 17.3 Å². The molecule has 1 rings (SSSR count). The molecule has 0 saturated carbocycles. The van der Waals surface area contributed by atoms with E-state index in [1.165, 1.54) is 0 Å². The highest BCUT2D eigenvalue weighted by atomic mass is 79.9. The maximum atomic E-state index is 11.8. The van der Waals surface area contributed by atoms with Gasteiger partial charge >= 0.3 is 0 Å². The normalized spacial score (nSPS) is 11.5. The Kier molecular flexibility index (Phi) is 7.79. The van der Waals surface area contributed by atoms with E-state index < -0.39 is 0 Å². The first kappa shape index (κ1) is 16.7. The SMILES string of the molecule is CNC(C)CNC(=O)c1ccc(Cl)cc1Br.Cl. The molecule has 1 aromatic carbocycles. The smallest absolute Gasteiger partial charge is 0.252 e. The molecule has 0 saturated heterocycles. The third kappa shape index (κ3) is 5.25. The Labute approximate surface area is 121 Å². The highest BCUT2D eigenvalue weighted by molar-refractivity contribution is 9.10. The summed E-state index contributed by atoms with van der Waals surface area (Å²) in [5.41, 5.74) is 0.590. The van der Waals surface area contributed by atoms with Crippen molar-refractivity contribution in [2.45, 2.75) is 13.0 Å². The summed E-state index contributed by atoms with van der Waals surface area (Å²) in [7, 11) is 1.86. The molecule has 3 nitrogen and oxygen atoms in total. The zero-order chi connectivity index (χ0) is 12.1. The quantitative estimate of drug-likeness (QED) is 0.884. The average Bonchev–Trinajstić information content (AvgIpc) is 2.25. The molecular formula is C11H15BrCl2N2O. The van der Waals surface area contributed by atoms with E-state index in [1.54, 1.807) is 18.2 Å². The molecule has 96 valence electrons. The first-order valence-corrected chi connectivity index (χ1v) is 6.12. The molecular weight excluding hydrogens is 327 g/mol. The van der Waals surface area contributed by atoms with Crippen LogP contribution >= 0.6 is 39.9 Å². The van der Waals surface area contributed by atoms with Crippen molar-refractivity contribution in [3.8, 4) is 0 Å². The van der Waals surface area contributed by atoms with Crippen LogP contribution in [0.3, 0.4) is 0 Å². The highest BCUT2D eigenvalue weighted by Gasteiger charge is 2.10. The molecule has 0 fully saturated rings. The van der Waals surface area contributed by atoms with E-state index in [4.69, 9.17) is 11.6 Å². The van der Waals surface area contributed by atoms with Crippen molar-refractivity contribution in [1.29, 1.82) is 0 Å². The second-order valence-electron chi connectivity index (χ2n) is 3.52. The van der Waals surface area contributed by atoms with Crippen molar-refractivity contribution >= 4 is 45.8 Å². The van der Waals surface area contributed by atoms with Crippen molar-refractivity contribution in [3.63, 3.8) is 0 Å². The van der Waals surface area contributed by atoms with Gasteiger partial charge in [-0.05, 0) is 48.1 Å². The Morgan fingerprint density at radius 3 is 2.71 bits per heavy atom. The molecule has 17 heavy (non-hydrogen) atoms. The minimum absolute atomic E-state index is 0. The zero-order valence-corrected chi connectivity index (χ0v) is 12.7. The van der Waals surface area contributed by atoms with Gasteiger partial charge in [0, 0.05) is 22.1 Å². The summed E-state index contributed by atoms with van der Waals surface area (Å²) in [5, 5.41) is 6.49. The number of halogens is 3. The molecule has 0 bridgehead atoms. The fourth-order valence-corrected chi connectivity index (χ4v) is 1.98. The van der Waals surface area contributed by atoms with Crippen LogP contribution in [0.4, 0.5) is 0 Å².